The number of hydrogen-bond donors (Lipinski definition) is 1. The van der Waals surface area contributed by atoms with Crippen LogP contribution < -0.4 is 9.46 Å². The molecule has 1 N–H and O–H groups in total. The molecule has 0 heterocycles. The van der Waals surface area contributed by atoms with Crippen molar-refractivity contribution in [2.45, 2.75) is 4.90 Å². The summed E-state index contributed by atoms with van der Waals surface area (Å²) in [4.78, 5) is -0.0402. The number of halogens is 2. The Bertz CT molecular complexity index is 732. The third-order valence-corrected chi connectivity index (χ3v) is 3.90. The van der Waals surface area contributed by atoms with Crippen LogP contribution >= 0.6 is 0 Å². The fraction of sp³-hybridized carbons (Fsp3) is 0.0769. The topological polar surface area (TPSA) is 55.4 Å². The average molecular weight is 299 g/mol. The standard InChI is InChI=1S/C13H11F2NO3S/c1-19-10-3-2-4-11(8-10)20(17,18)16-9-5-6-12(14)13(15)7-9/h2-8,16H,1H3. The summed E-state index contributed by atoms with van der Waals surface area (Å²) in [6.07, 6.45) is 0. The van der Waals surface area contributed by atoms with Crippen LogP contribution in [0.4, 0.5) is 14.5 Å². The van der Waals surface area contributed by atoms with E-state index in [0.717, 1.165) is 18.2 Å². The van der Waals surface area contributed by atoms with Crippen LogP contribution in [0, 0.1) is 11.6 Å². The van der Waals surface area contributed by atoms with Crippen molar-refractivity contribution in [2.24, 2.45) is 0 Å². The maximum absolute atomic E-state index is 13.0. The van der Waals surface area contributed by atoms with Crippen molar-refractivity contribution in [1.29, 1.82) is 0 Å². The van der Waals surface area contributed by atoms with Crippen molar-refractivity contribution in [3.8, 4) is 5.75 Å². The molecule has 2 rings (SSSR count). The predicted molar refractivity (Wildman–Crippen MR) is 70.2 cm³/mol. The fourth-order valence-corrected chi connectivity index (χ4v) is 2.63. The molecular weight excluding hydrogens is 288 g/mol. The molecule has 2 aromatic carbocycles. The molecule has 0 unspecified atom stereocenters. The first-order valence-electron chi connectivity index (χ1n) is 5.54. The van der Waals surface area contributed by atoms with Gasteiger partial charge in [0.05, 0.1) is 17.7 Å². The van der Waals surface area contributed by atoms with Gasteiger partial charge in [-0.2, -0.15) is 0 Å². The lowest BCUT2D eigenvalue weighted by atomic mass is 10.3. The zero-order valence-electron chi connectivity index (χ0n) is 10.4. The van der Waals surface area contributed by atoms with E-state index in [0.29, 0.717) is 5.75 Å². The Morgan fingerprint density at radius 3 is 2.45 bits per heavy atom. The van der Waals surface area contributed by atoms with Gasteiger partial charge in [-0.15, -0.1) is 0 Å². The largest absolute Gasteiger partial charge is 0.497 e. The maximum Gasteiger partial charge on any atom is 0.262 e. The Morgan fingerprint density at radius 1 is 1.05 bits per heavy atom. The van der Waals surface area contributed by atoms with Crippen LogP contribution in [0.5, 0.6) is 5.75 Å². The highest BCUT2D eigenvalue weighted by Gasteiger charge is 2.15. The van der Waals surface area contributed by atoms with E-state index in [9.17, 15) is 17.2 Å². The van der Waals surface area contributed by atoms with Gasteiger partial charge in [-0.3, -0.25) is 4.72 Å². The molecule has 0 fully saturated rings. The van der Waals surface area contributed by atoms with E-state index >= 15 is 0 Å². The Kier molecular flexibility index (Phi) is 3.89. The fourth-order valence-electron chi connectivity index (χ4n) is 1.54. The van der Waals surface area contributed by atoms with Gasteiger partial charge in [0, 0.05) is 12.1 Å². The number of sulfonamides is 1. The number of methoxy groups -OCH3 is 1. The molecule has 0 atom stereocenters. The summed E-state index contributed by atoms with van der Waals surface area (Å²) in [5, 5.41) is 0. The summed E-state index contributed by atoms with van der Waals surface area (Å²) in [6, 6.07) is 8.55. The van der Waals surface area contributed by atoms with Gasteiger partial charge in [-0.1, -0.05) is 6.07 Å². The molecule has 2 aromatic rings. The number of nitrogens with one attached hydrogen (secondary N) is 1. The van der Waals surface area contributed by atoms with Crippen molar-refractivity contribution in [3.63, 3.8) is 0 Å². The average Bonchev–Trinajstić information content (AvgIpc) is 2.43. The Hall–Kier alpha value is -2.15. The third-order valence-electron chi connectivity index (χ3n) is 2.52. The van der Waals surface area contributed by atoms with E-state index < -0.39 is 21.7 Å². The molecule has 0 radical (unpaired) electrons. The number of hydrogen-bond acceptors (Lipinski definition) is 3. The first-order valence-corrected chi connectivity index (χ1v) is 7.02. The number of benzene rings is 2. The zero-order chi connectivity index (χ0) is 14.8. The second kappa shape index (κ2) is 5.46. The van der Waals surface area contributed by atoms with Gasteiger partial charge < -0.3 is 4.74 Å². The summed E-state index contributed by atoms with van der Waals surface area (Å²) in [5.41, 5.74) is -0.0632. The van der Waals surface area contributed by atoms with Crippen molar-refractivity contribution in [2.75, 3.05) is 11.8 Å². The smallest absolute Gasteiger partial charge is 0.262 e. The highest BCUT2D eigenvalue weighted by Crippen LogP contribution is 2.21. The summed E-state index contributed by atoms with van der Waals surface area (Å²) in [7, 11) is -2.48. The highest BCUT2D eigenvalue weighted by atomic mass is 32.2. The van der Waals surface area contributed by atoms with Gasteiger partial charge in [0.1, 0.15) is 5.75 Å². The van der Waals surface area contributed by atoms with Crippen molar-refractivity contribution < 1.29 is 21.9 Å². The quantitative estimate of drug-likeness (QED) is 0.944. The molecule has 0 aromatic heterocycles. The number of rotatable bonds is 4. The second-order valence-electron chi connectivity index (χ2n) is 3.91. The van der Waals surface area contributed by atoms with Crippen molar-refractivity contribution in [1.82, 2.24) is 0 Å². The van der Waals surface area contributed by atoms with Gasteiger partial charge in [0.2, 0.25) is 0 Å². The molecule has 0 aliphatic rings. The van der Waals surface area contributed by atoms with E-state index in [1.807, 2.05) is 0 Å². The SMILES string of the molecule is COc1cccc(S(=O)(=O)Nc2ccc(F)c(F)c2)c1. The number of ether oxygens (including phenoxy) is 1. The molecule has 0 aliphatic heterocycles. The minimum atomic E-state index is -3.89. The van der Waals surface area contributed by atoms with E-state index in [1.54, 1.807) is 6.07 Å². The molecule has 0 spiro atoms. The summed E-state index contributed by atoms with van der Waals surface area (Å²) >= 11 is 0. The molecule has 20 heavy (non-hydrogen) atoms. The monoisotopic (exact) mass is 299 g/mol. The van der Waals surface area contributed by atoms with Gasteiger partial charge in [0.15, 0.2) is 11.6 Å². The first kappa shape index (κ1) is 14.3. The maximum atomic E-state index is 13.0. The van der Waals surface area contributed by atoms with Gasteiger partial charge in [-0.05, 0) is 24.3 Å². The van der Waals surface area contributed by atoms with E-state index in [-0.39, 0.29) is 10.6 Å². The van der Waals surface area contributed by atoms with E-state index in [4.69, 9.17) is 4.74 Å². The lowest BCUT2D eigenvalue weighted by Gasteiger charge is -2.09. The van der Waals surface area contributed by atoms with Gasteiger partial charge in [-0.25, -0.2) is 17.2 Å². The van der Waals surface area contributed by atoms with Crippen LogP contribution in [-0.4, -0.2) is 15.5 Å². The zero-order valence-corrected chi connectivity index (χ0v) is 11.2. The second-order valence-corrected chi connectivity index (χ2v) is 5.60. The summed E-state index contributed by atoms with van der Waals surface area (Å²) in [5.74, 6) is -1.80. The molecule has 7 heteroatoms. The first-order chi connectivity index (χ1) is 9.42. The van der Waals surface area contributed by atoms with Gasteiger partial charge in [0.25, 0.3) is 10.0 Å². The normalized spacial score (nSPS) is 11.2. The van der Waals surface area contributed by atoms with E-state index in [1.165, 1.54) is 25.3 Å². The van der Waals surface area contributed by atoms with Crippen LogP contribution in [0.1, 0.15) is 0 Å². The van der Waals surface area contributed by atoms with Crippen LogP contribution in [0.2, 0.25) is 0 Å². The molecule has 0 amide bonds. The van der Waals surface area contributed by atoms with Crippen molar-refractivity contribution >= 4 is 15.7 Å². The van der Waals surface area contributed by atoms with Gasteiger partial charge >= 0.3 is 0 Å². The molecule has 0 aliphatic carbocycles. The Morgan fingerprint density at radius 2 is 1.80 bits per heavy atom. The molecule has 0 saturated heterocycles. The molecule has 0 bridgehead atoms. The Balaban J connectivity index is 2.32. The lowest BCUT2D eigenvalue weighted by Crippen LogP contribution is -2.13. The van der Waals surface area contributed by atoms with Crippen LogP contribution in [0.25, 0.3) is 0 Å². The summed E-state index contributed by atoms with van der Waals surface area (Å²) < 4.78 is 57.1. The molecule has 4 nitrogen and oxygen atoms in total. The predicted octanol–water partition coefficient (Wildman–Crippen LogP) is 2.77. The highest BCUT2D eigenvalue weighted by molar-refractivity contribution is 7.92. The van der Waals surface area contributed by atoms with Crippen LogP contribution in [0.15, 0.2) is 47.4 Å². The van der Waals surface area contributed by atoms with E-state index in [2.05, 4.69) is 4.72 Å². The summed E-state index contributed by atoms with van der Waals surface area (Å²) in [6.45, 7) is 0. The number of anilines is 1. The minimum Gasteiger partial charge on any atom is -0.497 e. The van der Waals surface area contributed by atoms with Crippen LogP contribution in [0.3, 0.4) is 0 Å². The molecule has 0 saturated carbocycles. The molecular formula is C13H11F2NO3S. The third kappa shape index (κ3) is 3.05. The van der Waals surface area contributed by atoms with Crippen LogP contribution in [-0.2, 0) is 10.0 Å². The Labute approximate surface area is 115 Å². The molecule has 106 valence electrons. The lowest BCUT2D eigenvalue weighted by molar-refractivity contribution is 0.413. The minimum absolute atomic E-state index is 0.0402. The van der Waals surface area contributed by atoms with Crippen molar-refractivity contribution in [3.05, 3.63) is 54.1 Å².